The first-order valence-corrected chi connectivity index (χ1v) is 6.52. The Hall–Kier alpha value is -2.20. The molecule has 0 atom stereocenters. The molecule has 0 fully saturated rings. The van der Waals surface area contributed by atoms with Gasteiger partial charge >= 0.3 is 0 Å². The van der Waals surface area contributed by atoms with E-state index in [-0.39, 0.29) is 0 Å². The number of halogens is 1. The summed E-state index contributed by atoms with van der Waals surface area (Å²) in [5.74, 6) is -0.949. The summed E-state index contributed by atoms with van der Waals surface area (Å²) in [7, 11) is 0. The van der Waals surface area contributed by atoms with Crippen LogP contribution in [-0.4, -0.2) is 16.7 Å². The molecule has 0 aliphatic carbocycles. The summed E-state index contributed by atoms with van der Waals surface area (Å²) >= 11 is 5.74. The van der Waals surface area contributed by atoms with Gasteiger partial charge in [0.05, 0.1) is 17.8 Å². The van der Waals surface area contributed by atoms with Crippen LogP contribution in [0, 0.1) is 6.92 Å². The van der Waals surface area contributed by atoms with Crippen LogP contribution in [0.2, 0.25) is 5.15 Å². The van der Waals surface area contributed by atoms with Crippen molar-refractivity contribution in [2.45, 2.75) is 13.5 Å². The zero-order chi connectivity index (χ0) is 14.3. The summed E-state index contributed by atoms with van der Waals surface area (Å²) in [5, 5.41) is 0.397. The van der Waals surface area contributed by atoms with Crippen molar-refractivity contribution in [1.29, 1.82) is 0 Å². The molecule has 3 rings (SSSR count). The van der Waals surface area contributed by atoms with Crippen LogP contribution in [0.25, 0.3) is 0 Å². The summed E-state index contributed by atoms with van der Waals surface area (Å²) in [4.78, 5) is 29.6. The molecule has 1 aliphatic heterocycles. The number of Topliss-reactive ketones (excluding diaryl/α,β-unsaturated/α-hetero) is 1. The quantitative estimate of drug-likeness (QED) is 0.630. The Bertz CT molecular complexity index is 710. The lowest BCUT2D eigenvalue weighted by atomic mass is 10.1. The van der Waals surface area contributed by atoms with E-state index >= 15 is 0 Å². The molecule has 0 N–H and O–H groups in total. The smallest absolute Gasteiger partial charge is 0.299 e. The largest absolute Gasteiger partial charge is 0.300 e. The summed E-state index contributed by atoms with van der Waals surface area (Å²) in [5.41, 5.74) is 2.89. The van der Waals surface area contributed by atoms with Gasteiger partial charge in [-0.3, -0.25) is 9.59 Å². The average molecular weight is 287 g/mol. The van der Waals surface area contributed by atoms with Crippen LogP contribution in [0.5, 0.6) is 0 Å². The molecule has 2 aromatic rings. The molecule has 1 aliphatic rings. The van der Waals surface area contributed by atoms with Crippen LogP contribution in [0.15, 0.2) is 36.5 Å². The number of pyridine rings is 1. The number of fused-ring (bicyclic) bond motifs is 1. The minimum Gasteiger partial charge on any atom is -0.300 e. The zero-order valence-electron chi connectivity index (χ0n) is 10.8. The molecule has 0 spiro atoms. The van der Waals surface area contributed by atoms with Crippen LogP contribution in [0.3, 0.4) is 0 Å². The van der Waals surface area contributed by atoms with Crippen LogP contribution in [0.4, 0.5) is 5.69 Å². The van der Waals surface area contributed by atoms with Gasteiger partial charge in [-0.2, -0.15) is 0 Å². The fourth-order valence-electron chi connectivity index (χ4n) is 2.37. The third kappa shape index (κ3) is 1.98. The number of aryl methyl sites for hydroxylation is 1. The lowest BCUT2D eigenvalue weighted by Crippen LogP contribution is -2.29. The van der Waals surface area contributed by atoms with E-state index in [0.717, 1.165) is 11.1 Å². The van der Waals surface area contributed by atoms with E-state index in [1.807, 2.05) is 13.0 Å². The number of anilines is 1. The highest BCUT2D eigenvalue weighted by atomic mass is 35.5. The van der Waals surface area contributed by atoms with Crippen LogP contribution in [0.1, 0.15) is 21.5 Å². The minimum absolute atomic E-state index is 0.312. The van der Waals surface area contributed by atoms with Crippen molar-refractivity contribution in [3.63, 3.8) is 0 Å². The maximum atomic E-state index is 12.1. The molecule has 1 aromatic carbocycles. The number of hydrogen-bond acceptors (Lipinski definition) is 3. The number of para-hydroxylation sites is 1. The van der Waals surface area contributed by atoms with Crippen LogP contribution < -0.4 is 4.90 Å². The second-order valence-corrected chi connectivity index (χ2v) is 5.07. The predicted octanol–water partition coefficient (Wildman–Crippen LogP) is 2.77. The highest BCUT2D eigenvalue weighted by molar-refractivity contribution is 6.52. The molecule has 4 nitrogen and oxygen atoms in total. The summed E-state index contributed by atoms with van der Waals surface area (Å²) in [6.07, 6.45) is 1.61. The van der Waals surface area contributed by atoms with Crippen molar-refractivity contribution < 1.29 is 9.59 Å². The van der Waals surface area contributed by atoms with Gasteiger partial charge in [-0.25, -0.2) is 4.98 Å². The molecule has 100 valence electrons. The number of hydrogen-bond donors (Lipinski definition) is 0. The summed E-state index contributed by atoms with van der Waals surface area (Å²) in [6, 6.07) is 8.81. The monoisotopic (exact) mass is 286 g/mol. The number of carbonyl (C=O) groups excluding carboxylic acids is 2. The van der Waals surface area contributed by atoms with Crippen molar-refractivity contribution in [2.24, 2.45) is 0 Å². The van der Waals surface area contributed by atoms with E-state index in [4.69, 9.17) is 11.6 Å². The second-order valence-electron chi connectivity index (χ2n) is 4.68. The Labute approximate surface area is 121 Å². The van der Waals surface area contributed by atoms with Crippen molar-refractivity contribution in [2.75, 3.05) is 4.90 Å². The first-order chi connectivity index (χ1) is 9.58. The van der Waals surface area contributed by atoms with Gasteiger partial charge in [0.2, 0.25) is 0 Å². The summed E-state index contributed by atoms with van der Waals surface area (Å²) < 4.78 is 0. The van der Waals surface area contributed by atoms with Crippen LogP contribution >= 0.6 is 11.6 Å². The normalized spacial score (nSPS) is 13.8. The number of rotatable bonds is 2. The molecule has 0 saturated carbocycles. The fraction of sp³-hybridized carbons (Fsp3) is 0.133. The first kappa shape index (κ1) is 12.8. The molecule has 1 amide bonds. The number of aromatic nitrogens is 1. The molecule has 2 heterocycles. The lowest BCUT2D eigenvalue weighted by molar-refractivity contribution is -0.114. The highest BCUT2D eigenvalue weighted by Gasteiger charge is 2.36. The van der Waals surface area contributed by atoms with Crippen molar-refractivity contribution in [3.8, 4) is 0 Å². The number of carbonyl (C=O) groups is 2. The minimum atomic E-state index is -0.496. The van der Waals surface area contributed by atoms with E-state index in [1.165, 1.54) is 4.90 Å². The maximum absolute atomic E-state index is 12.1. The summed E-state index contributed by atoms with van der Waals surface area (Å²) in [6.45, 7) is 2.20. The molecule has 1 aromatic heterocycles. The Morgan fingerprint density at radius 3 is 2.70 bits per heavy atom. The van der Waals surface area contributed by atoms with E-state index < -0.39 is 11.7 Å². The van der Waals surface area contributed by atoms with Gasteiger partial charge in [0.25, 0.3) is 11.7 Å². The Morgan fingerprint density at radius 1 is 1.20 bits per heavy atom. The van der Waals surface area contributed by atoms with Gasteiger partial charge in [0.15, 0.2) is 0 Å². The molecule has 0 bridgehead atoms. The molecule has 5 heteroatoms. The third-order valence-electron chi connectivity index (χ3n) is 3.32. The standard InChI is InChI=1S/C15H11ClN2O2/c1-9-3-2-4-11-13(9)18(15(20)14(11)19)8-10-5-6-12(16)17-7-10/h2-7H,8H2,1H3. The molecular formula is C15H11ClN2O2. The second kappa shape index (κ2) is 4.72. The Balaban J connectivity index is 2.01. The molecule has 0 saturated heterocycles. The highest BCUT2D eigenvalue weighted by Crippen LogP contribution is 2.33. The van der Waals surface area contributed by atoms with E-state index in [2.05, 4.69) is 4.98 Å². The number of benzene rings is 1. The van der Waals surface area contributed by atoms with Crippen molar-refractivity contribution in [1.82, 2.24) is 4.98 Å². The van der Waals surface area contributed by atoms with E-state index in [9.17, 15) is 9.59 Å². The van der Waals surface area contributed by atoms with E-state index in [0.29, 0.717) is 22.9 Å². The Morgan fingerprint density at radius 2 is 2.00 bits per heavy atom. The fourth-order valence-corrected chi connectivity index (χ4v) is 2.48. The SMILES string of the molecule is Cc1cccc2c1N(Cc1ccc(Cl)nc1)C(=O)C2=O. The van der Waals surface area contributed by atoms with Gasteiger partial charge in [0.1, 0.15) is 5.15 Å². The average Bonchev–Trinajstić information content (AvgIpc) is 2.68. The van der Waals surface area contributed by atoms with Crippen LogP contribution in [-0.2, 0) is 11.3 Å². The molecular weight excluding hydrogens is 276 g/mol. The number of nitrogens with zero attached hydrogens (tertiary/aromatic N) is 2. The van der Waals surface area contributed by atoms with Gasteiger partial charge < -0.3 is 4.90 Å². The lowest BCUT2D eigenvalue weighted by Gasteiger charge is -2.18. The van der Waals surface area contributed by atoms with Gasteiger partial charge in [0, 0.05) is 6.20 Å². The topological polar surface area (TPSA) is 50.3 Å². The van der Waals surface area contributed by atoms with Crippen molar-refractivity contribution >= 4 is 29.0 Å². The van der Waals surface area contributed by atoms with Gasteiger partial charge in [-0.1, -0.05) is 29.8 Å². The molecule has 0 radical (unpaired) electrons. The Kier molecular flexibility index (Phi) is 3.03. The zero-order valence-corrected chi connectivity index (χ0v) is 11.5. The third-order valence-corrected chi connectivity index (χ3v) is 3.54. The maximum Gasteiger partial charge on any atom is 0.299 e. The number of amides is 1. The first-order valence-electron chi connectivity index (χ1n) is 6.14. The van der Waals surface area contributed by atoms with Gasteiger partial charge in [-0.15, -0.1) is 0 Å². The predicted molar refractivity (Wildman–Crippen MR) is 75.9 cm³/mol. The molecule has 20 heavy (non-hydrogen) atoms. The van der Waals surface area contributed by atoms with E-state index in [1.54, 1.807) is 30.5 Å². The van der Waals surface area contributed by atoms with Gasteiger partial charge in [-0.05, 0) is 30.2 Å². The number of ketones is 1. The van der Waals surface area contributed by atoms with Crippen molar-refractivity contribution in [3.05, 3.63) is 58.4 Å². The molecule has 0 unspecified atom stereocenters.